The van der Waals surface area contributed by atoms with Crippen molar-refractivity contribution in [1.82, 2.24) is 20.0 Å². The molecule has 1 N–H and O–H groups in total. The first kappa shape index (κ1) is 22.7. The van der Waals surface area contributed by atoms with Gasteiger partial charge in [-0.15, -0.1) is 0 Å². The highest BCUT2D eigenvalue weighted by Gasteiger charge is 2.20. The van der Waals surface area contributed by atoms with Gasteiger partial charge in [0.05, 0.1) is 7.11 Å². The Balaban J connectivity index is 1.95. The fourth-order valence-electron chi connectivity index (χ4n) is 2.97. The molecule has 0 atom stereocenters. The molecule has 29 heavy (non-hydrogen) atoms. The number of amides is 1. The Bertz CT molecular complexity index is 743. The highest BCUT2D eigenvalue weighted by Crippen LogP contribution is 2.19. The number of aliphatic imine (C=N–C) groups is 1. The number of carbonyl (C=O) groups is 1. The van der Waals surface area contributed by atoms with Gasteiger partial charge in [-0.05, 0) is 24.6 Å². The third-order valence-corrected chi connectivity index (χ3v) is 4.71. The summed E-state index contributed by atoms with van der Waals surface area (Å²) >= 11 is 0. The molecule has 1 amide bonds. The third kappa shape index (κ3) is 7.05. The maximum absolute atomic E-state index is 13.9. The fraction of sp³-hybridized carbons (Fsp3) is 0.524. The van der Waals surface area contributed by atoms with Crippen molar-refractivity contribution in [1.29, 1.82) is 0 Å². The molecule has 0 aliphatic carbocycles. The number of hydrogen-bond acceptors (Lipinski definition) is 4. The SMILES string of the molecule is C=C(C)CNC(=NCC(=O)N(C)C)N1CCN(Cc2ccc(OC)c(F)c2)CC1. The van der Waals surface area contributed by atoms with E-state index >= 15 is 0 Å². The summed E-state index contributed by atoms with van der Waals surface area (Å²) in [6, 6.07) is 5.08. The van der Waals surface area contributed by atoms with Crippen LogP contribution in [0, 0.1) is 5.82 Å². The first-order valence-electron chi connectivity index (χ1n) is 9.72. The van der Waals surface area contributed by atoms with Crippen LogP contribution >= 0.6 is 0 Å². The van der Waals surface area contributed by atoms with Gasteiger partial charge in [-0.25, -0.2) is 9.38 Å². The van der Waals surface area contributed by atoms with E-state index in [-0.39, 0.29) is 24.0 Å². The third-order valence-electron chi connectivity index (χ3n) is 4.71. The second-order valence-electron chi connectivity index (χ2n) is 7.47. The van der Waals surface area contributed by atoms with Crippen LogP contribution in [0.3, 0.4) is 0 Å². The number of likely N-dealkylation sites (N-methyl/N-ethyl adjacent to an activating group) is 1. The minimum atomic E-state index is -0.340. The second-order valence-corrected chi connectivity index (χ2v) is 7.47. The number of halogens is 1. The quantitative estimate of drug-likeness (QED) is 0.424. The zero-order chi connectivity index (χ0) is 21.4. The van der Waals surface area contributed by atoms with Gasteiger partial charge in [-0.3, -0.25) is 9.69 Å². The average molecular weight is 406 g/mol. The molecule has 1 aromatic carbocycles. The van der Waals surface area contributed by atoms with Gasteiger partial charge in [0.1, 0.15) is 6.54 Å². The molecule has 0 bridgehead atoms. The van der Waals surface area contributed by atoms with Crippen molar-refractivity contribution in [2.24, 2.45) is 4.99 Å². The molecule has 0 spiro atoms. The Hall–Kier alpha value is -2.61. The molecule has 160 valence electrons. The van der Waals surface area contributed by atoms with Gasteiger partial charge in [0.25, 0.3) is 0 Å². The molecule has 2 rings (SSSR count). The zero-order valence-electron chi connectivity index (χ0n) is 17.9. The number of guanidine groups is 1. The van der Waals surface area contributed by atoms with Crippen molar-refractivity contribution in [3.63, 3.8) is 0 Å². The van der Waals surface area contributed by atoms with Crippen LogP contribution in [0.2, 0.25) is 0 Å². The Morgan fingerprint density at radius 3 is 2.55 bits per heavy atom. The molecule has 7 nitrogen and oxygen atoms in total. The van der Waals surface area contributed by atoms with Crippen molar-refractivity contribution in [3.05, 3.63) is 41.7 Å². The summed E-state index contributed by atoms with van der Waals surface area (Å²) in [7, 11) is 4.91. The maximum atomic E-state index is 13.9. The number of benzene rings is 1. The molecule has 0 unspecified atom stereocenters. The predicted octanol–water partition coefficient (Wildman–Crippen LogP) is 1.56. The predicted molar refractivity (Wildman–Crippen MR) is 114 cm³/mol. The maximum Gasteiger partial charge on any atom is 0.243 e. The molecule has 1 aromatic rings. The van der Waals surface area contributed by atoms with Crippen LogP contribution in [-0.4, -0.2) is 87.0 Å². The Kier molecular flexibility index (Phi) is 8.45. The van der Waals surface area contributed by atoms with Crippen LogP contribution in [0.25, 0.3) is 0 Å². The van der Waals surface area contributed by atoms with E-state index in [1.807, 2.05) is 13.0 Å². The molecule has 8 heteroatoms. The van der Waals surface area contributed by atoms with E-state index in [1.165, 1.54) is 18.1 Å². The molecule has 1 aliphatic heterocycles. The number of carbonyl (C=O) groups excluding carboxylic acids is 1. The minimum Gasteiger partial charge on any atom is -0.494 e. The highest BCUT2D eigenvalue weighted by atomic mass is 19.1. The highest BCUT2D eigenvalue weighted by molar-refractivity contribution is 5.85. The van der Waals surface area contributed by atoms with E-state index in [2.05, 4.69) is 26.7 Å². The van der Waals surface area contributed by atoms with E-state index in [0.29, 0.717) is 13.1 Å². The lowest BCUT2D eigenvalue weighted by Crippen LogP contribution is -2.52. The van der Waals surface area contributed by atoms with Gasteiger partial charge in [0, 0.05) is 53.4 Å². The van der Waals surface area contributed by atoms with Crippen molar-refractivity contribution in [3.8, 4) is 5.75 Å². The van der Waals surface area contributed by atoms with Crippen molar-refractivity contribution >= 4 is 11.9 Å². The number of rotatable bonds is 7. The minimum absolute atomic E-state index is 0.0419. The Labute approximate surface area is 172 Å². The van der Waals surface area contributed by atoms with Crippen LogP contribution in [-0.2, 0) is 11.3 Å². The number of ether oxygens (including phenoxy) is 1. The lowest BCUT2D eigenvalue weighted by molar-refractivity contribution is -0.127. The summed E-state index contributed by atoms with van der Waals surface area (Å²) in [5, 5.41) is 3.29. The smallest absolute Gasteiger partial charge is 0.243 e. The van der Waals surface area contributed by atoms with Gasteiger partial charge in [0.15, 0.2) is 17.5 Å². The zero-order valence-corrected chi connectivity index (χ0v) is 17.9. The van der Waals surface area contributed by atoms with Gasteiger partial charge in [-0.2, -0.15) is 0 Å². The standard InChI is InChI=1S/C21H32FN5O2/c1-16(2)13-23-21(24-14-20(28)25(3)4)27-10-8-26(9-11-27)15-17-6-7-19(29-5)18(22)12-17/h6-7,12H,1,8-11,13-15H2,2-5H3,(H,23,24). The topological polar surface area (TPSA) is 60.4 Å². The Morgan fingerprint density at radius 1 is 1.31 bits per heavy atom. The number of nitrogens with one attached hydrogen (secondary N) is 1. The molecule has 0 radical (unpaired) electrons. The summed E-state index contributed by atoms with van der Waals surface area (Å²) in [6.07, 6.45) is 0. The summed E-state index contributed by atoms with van der Waals surface area (Å²) < 4.78 is 18.9. The van der Waals surface area contributed by atoms with Crippen LogP contribution in [0.15, 0.2) is 35.3 Å². The van der Waals surface area contributed by atoms with Crippen molar-refractivity contribution in [2.75, 3.05) is 60.5 Å². The summed E-state index contributed by atoms with van der Waals surface area (Å²) in [4.78, 5) is 22.4. The molecule has 1 fully saturated rings. The van der Waals surface area contributed by atoms with Crippen LogP contribution in [0.1, 0.15) is 12.5 Å². The molecular formula is C21H32FN5O2. The monoisotopic (exact) mass is 405 g/mol. The summed E-state index contributed by atoms with van der Waals surface area (Å²) in [6.45, 7) is 10.5. The second kappa shape index (κ2) is 10.8. The van der Waals surface area contributed by atoms with E-state index < -0.39 is 0 Å². The van der Waals surface area contributed by atoms with Crippen LogP contribution < -0.4 is 10.1 Å². The molecule has 1 heterocycles. The van der Waals surface area contributed by atoms with E-state index in [4.69, 9.17) is 4.74 Å². The number of hydrogen-bond donors (Lipinski definition) is 1. The summed E-state index contributed by atoms with van der Waals surface area (Å²) in [5.41, 5.74) is 1.92. The molecule has 0 aromatic heterocycles. The summed E-state index contributed by atoms with van der Waals surface area (Å²) in [5.74, 6) is 0.598. The molecule has 1 aliphatic rings. The lowest BCUT2D eigenvalue weighted by Gasteiger charge is -2.36. The van der Waals surface area contributed by atoms with Crippen molar-refractivity contribution in [2.45, 2.75) is 13.5 Å². The lowest BCUT2D eigenvalue weighted by atomic mass is 10.2. The first-order chi connectivity index (χ1) is 13.8. The largest absolute Gasteiger partial charge is 0.494 e. The molecule has 1 saturated heterocycles. The van der Waals surface area contributed by atoms with E-state index in [1.54, 1.807) is 20.2 Å². The Morgan fingerprint density at radius 2 is 2.00 bits per heavy atom. The van der Waals surface area contributed by atoms with Gasteiger partial charge in [-0.1, -0.05) is 18.2 Å². The van der Waals surface area contributed by atoms with Crippen molar-refractivity contribution < 1.29 is 13.9 Å². The number of methoxy groups -OCH3 is 1. The van der Waals surface area contributed by atoms with Crippen LogP contribution in [0.4, 0.5) is 4.39 Å². The van der Waals surface area contributed by atoms with E-state index in [9.17, 15) is 9.18 Å². The van der Waals surface area contributed by atoms with Gasteiger partial charge < -0.3 is 19.9 Å². The first-order valence-corrected chi connectivity index (χ1v) is 9.72. The molecular weight excluding hydrogens is 373 g/mol. The van der Waals surface area contributed by atoms with Gasteiger partial charge in [0.2, 0.25) is 5.91 Å². The number of piperazine rings is 1. The fourth-order valence-corrected chi connectivity index (χ4v) is 2.97. The average Bonchev–Trinajstić information content (AvgIpc) is 2.68. The van der Waals surface area contributed by atoms with Gasteiger partial charge >= 0.3 is 0 Å². The normalized spacial score (nSPS) is 15.2. The van der Waals surface area contributed by atoms with Crippen LogP contribution in [0.5, 0.6) is 5.75 Å². The molecule has 0 saturated carbocycles. The number of nitrogens with zero attached hydrogens (tertiary/aromatic N) is 4. The van der Waals surface area contributed by atoms with E-state index in [0.717, 1.165) is 43.3 Å².